The monoisotopic (exact) mass is 579 g/mol. The van der Waals surface area contributed by atoms with Gasteiger partial charge in [-0.25, -0.2) is 26.5 Å². The minimum Gasteiger partial charge on any atom is -0.497 e. The molecule has 0 spiro atoms. The molecule has 0 saturated carbocycles. The molecule has 1 unspecified atom stereocenters. The van der Waals surface area contributed by atoms with Crippen LogP contribution in [0.5, 0.6) is 11.5 Å². The van der Waals surface area contributed by atoms with Crippen molar-refractivity contribution in [2.45, 2.75) is 24.4 Å². The Labute approximate surface area is 228 Å². The summed E-state index contributed by atoms with van der Waals surface area (Å²) in [6, 6.07) is 12.6. The summed E-state index contributed by atoms with van der Waals surface area (Å²) < 4.78 is 68.8. The lowest BCUT2D eigenvalue weighted by Gasteiger charge is -2.24. The highest BCUT2D eigenvalue weighted by Gasteiger charge is 2.32. The van der Waals surface area contributed by atoms with E-state index in [1.807, 2.05) is 0 Å². The Balaban J connectivity index is 1.70. The van der Waals surface area contributed by atoms with Gasteiger partial charge in [0.15, 0.2) is 5.13 Å². The highest BCUT2D eigenvalue weighted by atomic mass is 35.5. The highest BCUT2D eigenvalue weighted by molar-refractivity contribution is 7.93. The number of nitrogens with zero attached hydrogens (tertiary/aromatic N) is 2. The average molecular weight is 580 g/mol. The van der Waals surface area contributed by atoms with Crippen molar-refractivity contribution in [1.82, 2.24) is 4.98 Å². The molecule has 1 aromatic heterocycles. The number of methoxy groups -OCH3 is 2. The normalized spacial score (nSPS) is 12.2. The third-order valence-corrected chi connectivity index (χ3v) is 8.75. The molecule has 0 saturated heterocycles. The predicted octanol–water partition coefficient (Wildman–Crippen LogP) is 6.66. The maximum absolute atomic E-state index is 15.4. The number of benzene rings is 3. The van der Waals surface area contributed by atoms with Gasteiger partial charge in [-0.1, -0.05) is 29.8 Å². The lowest BCUT2D eigenvalue weighted by Crippen LogP contribution is -2.31. The molecular formula is C26H24ClF2N3O4S2. The second-order valence-corrected chi connectivity index (χ2v) is 11.3. The van der Waals surface area contributed by atoms with Crippen molar-refractivity contribution in [1.29, 1.82) is 0 Å². The number of halogens is 3. The van der Waals surface area contributed by atoms with E-state index in [4.69, 9.17) is 21.1 Å². The van der Waals surface area contributed by atoms with Gasteiger partial charge in [-0.3, -0.25) is 0 Å². The Morgan fingerprint density at radius 3 is 2.50 bits per heavy atom. The average Bonchev–Trinajstić information content (AvgIpc) is 3.43. The molecule has 3 aromatic carbocycles. The molecule has 1 N–H and O–H groups in total. The van der Waals surface area contributed by atoms with Crippen molar-refractivity contribution in [3.8, 4) is 11.5 Å². The second-order valence-electron chi connectivity index (χ2n) is 8.15. The van der Waals surface area contributed by atoms with Crippen molar-refractivity contribution in [2.75, 3.05) is 23.8 Å². The first-order valence-corrected chi connectivity index (χ1v) is 14.0. The van der Waals surface area contributed by atoms with Gasteiger partial charge in [0.1, 0.15) is 28.0 Å². The molecule has 12 heteroatoms. The number of rotatable bonds is 10. The van der Waals surface area contributed by atoms with E-state index in [-0.39, 0.29) is 22.4 Å². The maximum Gasteiger partial charge on any atom is 0.269 e. The van der Waals surface area contributed by atoms with E-state index in [1.165, 1.54) is 26.5 Å². The van der Waals surface area contributed by atoms with Crippen molar-refractivity contribution < 1.29 is 26.7 Å². The molecular weight excluding hydrogens is 556 g/mol. The van der Waals surface area contributed by atoms with Crippen molar-refractivity contribution in [2.24, 2.45) is 0 Å². The number of anilines is 2. The van der Waals surface area contributed by atoms with Gasteiger partial charge in [0.05, 0.1) is 37.5 Å². The van der Waals surface area contributed by atoms with E-state index < -0.39 is 32.6 Å². The summed E-state index contributed by atoms with van der Waals surface area (Å²) in [5.74, 6) is -0.543. The molecule has 7 nitrogen and oxygen atoms in total. The van der Waals surface area contributed by atoms with E-state index in [2.05, 4.69) is 10.3 Å². The quantitative estimate of drug-likeness (QED) is 0.226. The number of sulfonamides is 1. The van der Waals surface area contributed by atoms with Crippen LogP contribution in [-0.2, 0) is 16.6 Å². The van der Waals surface area contributed by atoms with Crippen LogP contribution in [0.4, 0.5) is 19.6 Å². The first-order chi connectivity index (χ1) is 18.1. The van der Waals surface area contributed by atoms with Gasteiger partial charge in [-0.2, -0.15) is 0 Å². The molecule has 0 bridgehead atoms. The van der Waals surface area contributed by atoms with Crippen LogP contribution in [0.3, 0.4) is 0 Å². The first-order valence-electron chi connectivity index (χ1n) is 11.3. The zero-order chi connectivity index (χ0) is 27.4. The zero-order valence-electron chi connectivity index (χ0n) is 20.6. The van der Waals surface area contributed by atoms with Gasteiger partial charge in [0.2, 0.25) is 0 Å². The van der Waals surface area contributed by atoms with Crippen LogP contribution in [0.15, 0.2) is 71.1 Å². The molecule has 0 aliphatic rings. The molecule has 0 amide bonds. The van der Waals surface area contributed by atoms with E-state index in [9.17, 15) is 12.8 Å². The molecule has 1 heterocycles. The maximum atomic E-state index is 15.4. The first kappa shape index (κ1) is 27.6. The van der Waals surface area contributed by atoms with Gasteiger partial charge in [-0.05, 0) is 37.3 Å². The molecule has 0 radical (unpaired) electrons. The number of ether oxygens (including phenoxy) is 2. The molecule has 38 heavy (non-hydrogen) atoms. The number of hydrogen-bond donors (Lipinski definition) is 1. The van der Waals surface area contributed by atoms with Gasteiger partial charge in [0.25, 0.3) is 10.0 Å². The summed E-state index contributed by atoms with van der Waals surface area (Å²) in [7, 11) is -1.52. The van der Waals surface area contributed by atoms with Gasteiger partial charge in [0, 0.05) is 28.8 Å². The fourth-order valence-electron chi connectivity index (χ4n) is 3.82. The number of nitrogens with one attached hydrogen (secondary N) is 1. The summed E-state index contributed by atoms with van der Waals surface area (Å²) in [4.78, 5) is 3.51. The van der Waals surface area contributed by atoms with Crippen LogP contribution in [0.25, 0.3) is 0 Å². The van der Waals surface area contributed by atoms with Crippen molar-refractivity contribution in [3.63, 3.8) is 0 Å². The summed E-state index contributed by atoms with van der Waals surface area (Å²) in [5, 5.41) is 4.65. The summed E-state index contributed by atoms with van der Waals surface area (Å²) in [6.07, 6.45) is 1.45. The lowest BCUT2D eigenvalue weighted by atomic mass is 10.1. The van der Waals surface area contributed by atoms with E-state index in [0.29, 0.717) is 22.6 Å². The van der Waals surface area contributed by atoms with E-state index in [0.717, 1.165) is 27.8 Å². The van der Waals surface area contributed by atoms with Crippen molar-refractivity contribution >= 4 is 43.8 Å². The van der Waals surface area contributed by atoms with E-state index >= 15 is 4.39 Å². The highest BCUT2D eigenvalue weighted by Crippen LogP contribution is 2.36. The molecule has 4 aromatic rings. The van der Waals surface area contributed by atoms with Gasteiger partial charge < -0.3 is 14.8 Å². The molecule has 1 atom stereocenters. The summed E-state index contributed by atoms with van der Waals surface area (Å²) in [6.45, 7) is 1.49. The summed E-state index contributed by atoms with van der Waals surface area (Å²) in [5.41, 5.74) is 0.983. The molecule has 0 aliphatic heterocycles. The predicted molar refractivity (Wildman–Crippen MR) is 145 cm³/mol. The van der Waals surface area contributed by atoms with Crippen molar-refractivity contribution in [3.05, 3.63) is 94.0 Å². The van der Waals surface area contributed by atoms with Crippen LogP contribution in [0.1, 0.15) is 24.1 Å². The standard InChI is InChI=1S/C26H24ClF2N3O4S2/c1-16(19-6-4-5-7-21(19)28)31-23-14-22(29)25(13-20(23)27)38(33,34)32(26-30-10-11-37-26)15-17-8-9-18(35-2)12-24(17)36-3/h4-14,16,31H,15H2,1-3H3. The SMILES string of the molecule is COc1ccc(CN(c2nccs2)S(=O)(=O)c2cc(Cl)c(NC(C)c3ccccc3F)cc2F)c(OC)c1. The smallest absolute Gasteiger partial charge is 0.269 e. The lowest BCUT2D eigenvalue weighted by molar-refractivity contribution is 0.391. The largest absolute Gasteiger partial charge is 0.497 e. The number of thiazole rings is 1. The van der Waals surface area contributed by atoms with Crippen LogP contribution >= 0.6 is 22.9 Å². The number of aromatic nitrogens is 1. The van der Waals surface area contributed by atoms with Crippen LogP contribution in [0, 0.1) is 11.6 Å². The minimum atomic E-state index is -4.47. The van der Waals surface area contributed by atoms with Gasteiger partial charge >= 0.3 is 0 Å². The third kappa shape index (κ3) is 5.69. The second kappa shape index (κ2) is 11.5. The Morgan fingerprint density at radius 2 is 1.84 bits per heavy atom. The third-order valence-electron chi connectivity index (χ3n) is 5.77. The topological polar surface area (TPSA) is 80.8 Å². The Hall–Kier alpha value is -3.41. The molecule has 0 fully saturated rings. The van der Waals surface area contributed by atoms with E-state index in [1.54, 1.807) is 48.7 Å². The van der Waals surface area contributed by atoms with Crippen LogP contribution in [0.2, 0.25) is 5.02 Å². The molecule has 200 valence electrons. The van der Waals surface area contributed by atoms with Crippen LogP contribution < -0.4 is 19.1 Å². The molecule has 0 aliphatic carbocycles. The molecule has 4 rings (SSSR count). The summed E-state index contributed by atoms with van der Waals surface area (Å²) >= 11 is 7.48. The number of hydrogen-bond acceptors (Lipinski definition) is 7. The Kier molecular flexibility index (Phi) is 8.39. The zero-order valence-corrected chi connectivity index (χ0v) is 23.0. The van der Waals surface area contributed by atoms with Gasteiger partial charge in [-0.15, -0.1) is 11.3 Å². The Bertz CT molecular complexity index is 1540. The Morgan fingerprint density at radius 1 is 1.08 bits per heavy atom. The fraction of sp³-hybridized carbons (Fsp3) is 0.192. The fourth-order valence-corrected chi connectivity index (χ4v) is 6.45. The van der Waals surface area contributed by atoms with Crippen LogP contribution in [-0.4, -0.2) is 27.6 Å². The minimum absolute atomic E-state index is 0.0470.